The first-order valence-corrected chi connectivity index (χ1v) is 8.54. The summed E-state index contributed by atoms with van der Waals surface area (Å²) < 4.78 is 1.94. The van der Waals surface area contributed by atoms with Crippen molar-refractivity contribution >= 4 is 11.7 Å². The Morgan fingerprint density at radius 1 is 1.12 bits per heavy atom. The number of unbranched alkanes of at least 4 members (excludes halogenated alkanes) is 1. The highest BCUT2D eigenvalue weighted by Crippen LogP contribution is 2.17. The molecule has 1 saturated heterocycles. The zero-order valence-corrected chi connectivity index (χ0v) is 14.4. The molecule has 3 heterocycles. The first kappa shape index (κ1) is 16.4. The maximum Gasteiger partial charge on any atom is 0.222 e. The Labute approximate surface area is 142 Å². The van der Waals surface area contributed by atoms with Gasteiger partial charge in [-0.25, -0.2) is 15.0 Å². The molecule has 3 rings (SSSR count). The fraction of sp³-hybridized carbons (Fsp3) is 0.529. The van der Waals surface area contributed by atoms with Gasteiger partial charge in [0.25, 0.3) is 0 Å². The highest BCUT2D eigenvalue weighted by molar-refractivity contribution is 5.76. The largest absolute Gasteiger partial charge is 0.353 e. The summed E-state index contributed by atoms with van der Waals surface area (Å²) in [5.74, 6) is 2.88. The average Bonchev–Trinajstić information content (AvgIpc) is 3.06. The Hall–Kier alpha value is -2.44. The van der Waals surface area contributed by atoms with Crippen LogP contribution >= 0.6 is 0 Å². The Kier molecular flexibility index (Phi) is 5.08. The molecule has 0 N–H and O–H groups in total. The van der Waals surface area contributed by atoms with E-state index in [0.29, 0.717) is 6.42 Å². The quantitative estimate of drug-likeness (QED) is 0.837. The molecular weight excluding hydrogens is 304 g/mol. The Morgan fingerprint density at radius 3 is 2.54 bits per heavy atom. The smallest absolute Gasteiger partial charge is 0.222 e. The molecule has 0 radical (unpaired) electrons. The lowest BCUT2D eigenvalue weighted by Crippen LogP contribution is -2.49. The van der Waals surface area contributed by atoms with Crippen LogP contribution in [0.5, 0.6) is 0 Å². The van der Waals surface area contributed by atoms with E-state index in [4.69, 9.17) is 0 Å². The van der Waals surface area contributed by atoms with Gasteiger partial charge in [-0.2, -0.15) is 0 Å². The number of piperazine rings is 1. The van der Waals surface area contributed by atoms with E-state index in [2.05, 4.69) is 26.8 Å². The summed E-state index contributed by atoms with van der Waals surface area (Å²) in [6.45, 7) is 7.18. The van der Waals surface area contributed by atoms with E-state index in [0.717, 1.165) is 56.5 Å². The minimum Gasteiger partial charge on any atom is -0.353 e. The summed E-state index contributed by atoms with van der Waals surface area (Å²) in [7, 11) is 0. The van der Waals surface area contributed by atoms with Crippen molar-refractivity contribution in [2.24, 2.45) is 0 Å². The van der Waals surface area contributed by atoms with Crippen LogP contribution < -0.4 is 4.90 Å². The van der Waals surface area contributed by atoms with Gasteiger partial charge in [0.1, 0.15) is 23.8 Å². The molecule has 1 amide bonds. The van der Waals surface area contributed by atoms with Gasteiger partial charge in [-0.3, -0.25) is 9.36 Å². The molecule has 0 atom stereocenters. The molecule has 0 aromatic carbocycles. The maximum absolute atomic E-state index is 12.1. The number of amides is 1. The second kappa shape index (κ2) is 7.42. The fourth-order valence-corrected chi connectivity index (χ4v) is 2.93. The van der Waals surface area contributed by atoms with E-state index in [1.807, 2.05) is 28.7 Å². The zero-order valence-electron chi connectivity index (χ0n) is 14.4. The van der Waals surface area contributed by atoms with Crippen molar-refractivity contribution in [1.29, 1.82) is 0 Å². The molecule has 0 bridgehead atoms. The van der Waals surface area contributed by atoms with Crippen molar-refractivity contribution in [3.05, 3.63) is 30.6 Å². The summed E-state index contributed by atoms with van der Waals surface area (Å²) in [6.07, 6.45) is 7.93. The summed E-state index contributed by atoms with van der Waals surface area (Å²) in [5, 5.41) is 0. The lowest BCUT2D eigenvalue weighted by Gasteiger charge is -2.35. The van der Waals surface area contributed by atoms with Gasteiger partial charge in [0, 0.05) is 51.1 Å². The van der Waals surface area contributed by atoms with Crippen LogP contribution in [0.1, 0.15) is 32.0 Å². The van der Waals surface area contributed by atoms with Gasteiger partial charge in [-0.05, 0) is 13.3 Å². The van der Waals surface area contributed by atoms with Gasteiger partial charge in [-0.1, -0.05) is 13.3 Å². The summed E-state index contributed by atoms with van der Waals surface area (Å²) >= 11 is 0. The molecule has 0 unspecified atom stereocenters. The van der Waals surface area contributed by atoms with E-state index in [1.165, 1.54) is 0 Å². The summed E-state index contributed by atoms with van der Waals surface area (Å²) in [4.78, 5) is 29.3. The van der Waals surface area contributed by atoms with Crippen LogP contribution in [0, 0.1) is 6.92 Å². The van der Waals surface area contributed by atoms with Crippen LogP contribution in [-0.4, -0.2) is 56.5 Å². The van der Waals surface area contributed by atoms with Crippen molar-refractivity contribution in [3.8, 4) is 5.82 Å². The van der Waals surface area contributed by atoms with Gasteiger partial charge in [-0.15, -0.1) is 0 Å². The molecule has 2 aromatic rings. The van der Waals surface area contributed by atoms with Crippen LogP contribution in [0.3, 0.4) is 0 Å². The highest BCUT2D eigenvalue weighted by atomic mass is 16.2. The van der Waals surface area contributed by atoms with E-state index in [-0.39, 0.29) is 5.91 Å². The van der Waals surface area contributed by atoms with Crippen LogP contribution in [-0.2, 0) is 4.79 Å². The third kappa shape index (κ3) is 3.55. The maximum atomic E-state index is 12.1. The standard InChI is InChI=1S/C17H24N6O/c1-3-4-5-17(24)22-10-8-21(9-11-22)15-12-16(20-13-19-15)23-7-6-18-14(23)2/h6-7,12-13H,3-5,8-11H2,1-2H3. The molecule has 1 aliphatic rings. The number of nitrogens with zero attached hydrogens (tertiary/aromatic N) is 6. The Morgan fingerprint density at radius 2 is 1.88 bits per heavy atom. The van der Waals surface area contributed by atoms with E-state index in [9.17, 15) is 4.79 Å². The lowest BCUT2D eigenvalue weighted by molar-refractivity contribution is -0.131. The molecule has 7 heteroatoms. The number of hydrogen-bond donors (Lipinski definition) is 0. The molecule has 0 aliphatic carbocycles. The Balaban J connectivity index is 1.65. The predicted octanol–water partition coefficient (Wildman–Crippen LogP) is 1.81. The van der Waals surface area contributed by atoms with E-state index >= 15 is 0 Å². The van der Waals surface area contributed by atoms with Crippen molar-refractivity contribution in [3.63, 3.8) is 0 Å². The van der Waals surface area contributed by atoms with Crippen LogP contribution in [0.4, 0.5) is 5.82 Å². The van der Waals surface area contributed by atoms with Gasteiger partial charge in [0.15, 0.2) is 0 Å². The van der Waals surface area contributed by atoms with Crippen LogP contribution in [0.25, 0.3) is 5.82 Å². The number of aryl methyl sites for hydroxylation is 1. The molecule has 128 valence electrons. The summed E-state index contributed by atoms with van der Waals surface area (Å²) in [6, 6.07) is 1.98. The lowest BCUT2D eigenvalue weighted by atomic mass is 10.2. The van der Waals surface area contributed by atoms with Crippen molar-refractivity contribution in [2.75, 3.05) is 31.1 Å². The van der Waals surface area contributed by atoms with Gasteiger partial charge >= 0.3 is 0 Å². The summed E-state index contributed by atoms with van der Waals surface area (Å²) in [5.41, 5.74) is 0. The number of rotatable bonds is 5. The number of carbonyl (C=O) groups is 1. The minimum atomic E-state index is 0.272. The molecule has 0 spiro atoms. The first-order valence-electron chi connectivity index (χ1n) is 8.54. The van der Waals surface area contributed by atoms with Crippen molar-refractivity contribution < 1.29 is 4.79 Å². The van der Waals surface area contributed by atoms with E-state index in [1.54, 1.807) is 12.5 Å². The number of imidazole rings is 1. The normalized spacial score (nSPS) is 14.9. The number of hydrogen-bond acceptors (Lipinski definition) is 5. The van der Waals surface area contributed by atoms with Crippen LogP contribution in [0.15, 0.2) is 24.8 Å². The topological polar surface area (TPSA) is 67.2 Å². The van der Waals surface area contributed by atoms with E-state index < -0.39 is 0 Å². The molecule has 1 fully saturated rings. The molecule has 0 saturated carbocycles. The molecular formula is C17H24N6O. The second-order valence-electron chi connectivity index (χ2n) is 6.05. The molecule has 1 aliphatic heterocycles. The molecule has 24 heavy (non-hydrogen) atoms. The van der Waals surface area contributed by atoms with Gasteiger partial charge in [0.05, 0.1) is 0 Å². The first-order chi connectivity index (χ1) is 11.7. The monoisotopic (exact) mass is 328 g/mol. The third-order valence-electron chi connectivity index (χ3n) is 4.41. The van der Waals surface area contributed by atoms with Gasteiger partial charge < -0.3 is 9.80 Å². The third-order valence-corrected chi connectivity index (χ3v) is 4.41. The minimum absolute atomic E-state index is 0.272. The predicted molar refractivity (Wildman–Crippen MR) is 92.2 cm³/mol. The highest BCUT2D eigenvalue weighted by Gasteiger charge is 2.21. The number of anilines is 1. The SMILES string of the molecule is CCCCC(=O)N1CCN(c2cc(-n3ccnc3C)ncn2)CC1. The molecule has 2 aromatic heterocycles. The number of carbonyl (C=O) groups excluding carboxylic acids is 1. The Bertz CT molecular complexity index is 690. The molecule has 7 nitrogen and oxygen atoms in total. The van der Waals surface area contributed by atoms with Gasteiger partial charge in [0.2, 0.25) is 5.91 Å². The van der Waals surface area contributed by atoms with Crippen molar-refractivity contribution in [1.82, 2.24) is 24.4 Å². The number of aromatic nitrogens is 4. The van der Waals surface area contributed by atoms with Crippen LogP contribution in [0.2, 0.25) is 0 Å². The van der Waals surface area contributed by atoms with Crippen molar-refractivity contribution in [2.45, 2.75) is 33.1 Å². The second-order valence-corrected chi connectivity index (χ2v) is 6.05. The fourth-order valence-electron chi connectivity index (χ4n) is 2.93. The zero-order chi connectivity index (χ0) is 16.9. The average molecular weight is 328 g/mol.